The summed E-state index contributed by atoms with van der Waals surface area (Å²) in [6.45, 7) is 0. The quantitative estimate of drug-likeness (QED) is 0.832. The number of carbonyl (C=O) groups is 2. The minimum absolute atomic E-state index is 0.0649. The van der Waals surface area contributed by atoms with Gasteiger partial charge >= 0.3 is 5.97 Å². The van der Waals surface area contributed by atoms with E-state index in [2.05, 4.69) is 10.3 Å². The van der Waals surface area contributed by atoms with E-state index in [1.54, 1.807) is 17.1 Å². The highest BCUT2D eigenvalue weighted by Gasteiger charge is 2.27. The summed E-state index contributed by atoms with van der Waals surface area (Å²) >= 11 is 0. The van der Waals surface area contributed by atoms with Crippen molar-refractivity contribution < 1.29 is 14.7 Å². The van der Waals surface area contributed by atoms with Gasteiger partial charge in [0.15, 0.2) is 0 Å². The summed E-state index contributed by atoms with van der Waals surface area (Å²) in [5.41, 5.74) is 0.401. The van der Waals surface area contributed by atoms with Crippen molar-refractivity contribution >= 4 is 11.9 Å². The molecule has 1 saturated carbocycles. The maximum absolute atomic E-state index is 11.8. The third kappa shape index (κ3) is 2.88. The second-order valence-corrected chi connectivity index (χ2v) is 4.78. The van der Waals surface area contributed by atoms with Crippen molar-refractivity contribution in [1.29, 1.82) is 0 Å². The van der Waals surface area contributed by atoms with Gasteiger partial charge in [0.2, 0.25) is 0 Å². The number of carbonyl (C=O) groups excluding carboxylic acids is 1. The summed E-state index contributed by atoms with van der Waals surface area (Å²) in [6.07, 6.45) is 5.94. The van der Waals surface area contributed by atoms with Gasteiger partial charge in [-0.1, -0.05) is 0 Å². The van der Waals surface area contributed by atoms with Gasteiger partial charge in [-0.15, -0.1) is 0 Å². The molecule has 0 bridgehead atoms. The lowest BCUT2D eigenvalue weighted by atomic mass is 9.86. The van der Waals surface area contributed by atoms with Gasteiger partial charge in [0.05, 0.1) is 12.2 Å². The van der Waals surface area contributed by atoms with Crippen LogP contribution in [0.15, 0.2) is 12.5 Å². The Morgan fingerprint density at radius 2 is 2.06 bits per heavy atom. The third-order valence-corrected chi connectivity index (χ3v) is 3.35. The van der Waals surface area contributed by atoms with E-state index in [1.165, 1.54) is 0 Å². The van der Waals surface area contributed by atoms with Crippen LogP contribution in [0.2, 0.25) is 0 Å². The molecule has 6 nitrogen and oxygen atoms in total. The predicted molar refractivity (Wildman–Crippen MR) is 64.1 cm³/mol. The summed E-state index contributed by atoms with van der Waals surface area (Å²) in [4.78, 5) is 26.6. The summed E-state index contributed by atoms with van der Waals surface area (Å²) < 4.78 is 1.72. The van der Waals surface area contributed by atoms with Gasteiger partial charge < -0.3 is 15.0 Å². The van der Waals surface area contributed by atoms with Crippen LogP contribution < -0.4 is 5.32 Å². The van der Waals surface area contributed by atoms with E-state index >= 15 is 0 Å². The second kappa shape index (κ2) is 5.20. The molecule has 18 heavy (non-hydrogen) atoms. The Kier molecular flexibility index (Phi) is 3.64. The fourth-order valence-electron chi connectivity index (χ4n) is 2.27. The molecule has 2 N–H and O–H groups in total. The molecule has 0 spiro atoms. The minimum Gasteiger partial charge on any atom is -0.481 e. The van der Waals surface area contributed by atoms with E-state index in [1.807, 2.05) is 7.05 Å². The first-order valence-corrected chi connectivity index (χ1v) is 6.08. The molecular weight excluding hydrogens is 234 g/mol. The second-order valence-electron chi connectivity index (χ2n) is 4.78. The molecule has 1 aromatic heterocycles. The number of hydrogen-bond donors (Lipinski definition) is 2. The highest BCUT2D eigenvalue weighted by Crippen LogP contribution is 2.24. The molecule has 1 amide bonds. The summed E-state index contributed by atoms with van der Waals surface area (Å²) in [5, 5.41) is 11.8. The van der Waals surface area contributed by atoms with Crippen LogP contribution in [0.25, 0.3) is 0 Å². The Balaban J connectivity index is 1.85. The van der Waals surface area contributed by atoms with Gasteiger partial charge in [-0.05, 0) is 25.7 Å². The highest BCUT2D eigenvalue weighted by atomic mass is 16.4. The van der Waals surface area contributed by atoms with Crippen LogP contribution in [0.3, 0.4) is 0 Å². The first-order chi connectivity index (χ1) is 8.56. The van der Waals surface area contributed by atoms with Gasteiger partial charge in [-0.2, -0.15) is 0 Å². The van der Waals surface area contributed by atoms with Crippen molar-refractivity contribution in [2.24, 2.45) is 13.0 Å². The maximum Gasteiger partial charge on any atom is 0.306 e. The zero-order chi connectivity index (χ0) is 13.1. The van der Waals surface area contributed by atoms with Gasteiger partial charge in [0.25, 0.3) is 5.91 Å². The fraction of sp³-hybridized carbons (Fsp3) is 0.583. The van der Waals surface area contributed by atoms with Crippen LogP contribution in [0.4, 0.5) is 0 Å². The van der Waals surface area contributed by atoms with Gasteiger partial charge in [0, 0.05) is 19.3 Å². The number of aliphatic carboxylic acids is 1. The fourth-order valence-corrected chi connectivity index (χ4v) is 2.27. The number of imidazole rings is 1. The number of aryl methyl sites for hydroxylation is 1. The van der Waals surface area contributed by atoms with Gasteiger partial charge in [-0.3, -0.25) is 9.59 Å². The Morgan fingerprint density at radius 1 is 1.39 bits per heavy atom. The average molecular weight is 251 g/mol. The lowest BCUT2D eigenvalue weighted by Gasteiger charge is -2.26. The zero-order valence-electron chi connectivity index (χ0n) is 10.3. The maximum atomic E-state index is 11.8. The smallest absolute Gasteiger partial charge is 0.306 e. The summed E-state index contributed by atoms with van der Waals surface area (Å²) in [5.74, 6) is -1.17. The molecule has 1 aromatic rings. The normalized spacial score (nSPS) is 23.6. The van der Waals surface area contributed by atoms with Crippen LogP contribution >= 0.6 is 0 Å². The zero-order valence-corrected chi connectivity index (χ0v) is 10.3. The summed E-state index contributed by atoms with van der Waals surface area (Å²) in [7, 11) is 1.81. The minimum atomic E-state index is -0.732. The molecule has 6 heteroatoms. The Bertz CT molecular complexity index is 447. The number of hydrogen-bond acceptors (Lipinski definition) is 3. The van der Waals surface area contributed by atoms with Crippen LogP contribution in [0, 0.1) is 5.92 Å². The van der Waals surface area contributed by atoms with E-state index in [-0.39, 0.29) is 17.9 Å². The third-order valence-electron chi connectivity index (χ3n) is 3.35. The van der Waals surface area contributed by atoms with Crippen molar-refractivity contribution in [2.75, 3.05) is 0 Å². The number of aromatic nitrogens is 2. The standard InChI is InChI=1S/C12H17N3O3/c1-15-6-10(13-7-15)11(16)14-9-4-2-8(3-5-9)12(17)18/h6-9H,2-5H2,1H3,(H,14,16)(H,17,18). The van der Waals surface area contributed by atoms with Crippen molar-refractivity contribution in [2.45, 2.75) is 31.7 Å². The lowest BCUT2D eigenvalue weighted by Crippen LogP contribution is -2.38. The van der Waals surface area contributed by atoms with E-state index < -0.39 is 5.97 Å². The number of nitrogens with zero attached hydrogens (tertiary/aromatic N) is 2. The van der Waals surface area contributed by atoms with Gasteiger partial charge in [-0.25, -0.2) is 4.98 Å². The molecule has 1 aliphatic rings. The predicted octanol–water partition coefficient (Wildman–Crippen LogP) is 0.793. The van der Waals surface area contributed by atoms with Crippen LogP contribution in [-0.2, 0) is 11.8 Å². The van der Waals surface area contributed by atoms with Crippen molar-refractivity contribution in [1.82, 2.24) is 14.9 Å². The molecule has 2 rings (SSSR count). The molecule has 0 aliphatic heterocycles. The Labute approximate surface area is 105 Å². The SMILES string of the molecule is Cn1cnc(C(=O)NC2CCC(C(=O)O)CC2)c1. The largest absolute Gasteiger partial charge is 0.481 e. The van der Waals surface area contributed by atoms with E-state index in [9.17, 15) is 9.59 Å². The molecule has 1 aliphatic carbocycles. The average Bonchev–Trinajstić information content (AvgIpc) is 2.76. The monoisotopic (exact) mass is 251 g/mol. The number of carboxylic acid groups (broad SMARTS) is 1. The van der Waals surface area contributed by atoms with E-state index in [0.29, 0.717) is 18.5 Å². The van der Waals surface area contributed by atoms with Crippen LogP contribution in [0.5, 0.6) is 0 Å². The first-order valence-electron chi connectivity index (χ1n) is 6.08. The number of carboxylic acids is 1. The van der Waals surface area contributed by atoms with Crippen molar-refractivity contribution in [3.63, 3.8) is 0 Å². The number of nitrogens with one attached hydrogen (secondary N) is 1. The molecule has 1 fully saturated rings. The molecule has 0 radical (unpaired) electrons. The molecule has 98 valence electrons. The number of amides is 1. The van der Waals surface area contributed by atoms with E-state index in [0.717, 1.165) is 12.8 Å². The lowest BCUT2D eigenvalue weighted by molar-refractivity contribution is -0.142. The first kappa shape index (κ1) is 12.6. The molecule has 0 atom stereocenters. The van der Waals surface area contributed by atoms with Crippen molar-refractivity contribution in [3.05, 3.63) is 18.2 Å². The van der Waals surface area contributed by atoms with Crippen LogP contribution in [-0.4, -0.2) is 32.6 Å². The van der Waals surface area contributed by atoms with E-state index in [4.69, 9.17) is 5.11 Å². The molecule has 1 heterocycles. The molecular formula is C12H17N3O3. The molecule has 0 saturated heterocycles. The summed E-state index contributed by atoms with van der Waals surface area (Å²) in [6, 6.07) is 0.0649. The highest BCUT2D eigenvalue weighted by molar-refractivity contribution is 5.92. The van der Waals surface area contributed by atoms with Crippen LogP contribution in [0.1, 0.15) is 36.2 Å². The van der Waals surface area contributed by atoms with Gasteiger partial charge in [0.1, 0.15) is 5.69 Å². The topological polar surface area (TPSA) is 84.2 Å². The molecule has 0 unspecified atom stereocenters. The number of rotatable bonds is 3. The molecule has 0 aromatic carbocycles. The van der Waals surface area contributed by atoms with Crippen molar-refractivity contribution in [3.8, 4) is 0 Å². The Hall–Kier alpha value is -1.85. The Morgan fingerprint density at radius 3 is 2.56 bits per heavy atom.